The Labute approximate surface area is 165 Å². The second-order valence-corrected chi connectivity index (χ2v) is 5.98. The first kappa shape index (κ1) is 18.4. The van der Waals surface area contributed by atoms with E-state index in [1.54, 1.807) is 36.3 Å². The van der Waals surface area contributed by atoms with Crippen molar-refractivity contribution in [1.82, 2.24) is 19.7 Å². The van der Waals surface area contributed by atoms with Crippen LogP contribution in [0.25, 0.3) is 16.7 Å². The van der Waals surface area contributed by atoms with Gasteiger partial charge in [0.05, 0.1) is 37.7 Å². The largest absolute Gasteiger partial charge is 0.497 e. The Morgan fingerprint density at radius 2 is 2.00 bits per heavy atom. The van der Waals surface area contributed by atoms with Crippen LogP contribution in [0.1, 0.15) is 5.56 Å². The molecule has 0 radical (unpaired) electrons. The number of hydrogen-bond acceptors (Lipinski definition) is 7. The van der Waals surface area contributed by atoms with E-state index in [-0.39, 0.29) is 5.75 Å². The highest BCUT2D eigenvalue weighted by Crippen LogP contribution is 2.23. The standard InChI is InChI=1S/C20H17FN6O2/c1-28-15-5-3-4-14(9-15)27-20-16(11-25-27)19(22-12-23-20)26-24-10-13-6-7-17(21)18(8-13)29-2/h3-12H,1-2H3,(H,22,23,26)/b24-10+. The molecule has 0 aliphatic heterocycles. The van der Waals surface area contributed by atoms with Gasteiger partial charge in [-0.15, -0.1) is 0 Å². The van der Waals surface area contributed by atoms with Crippen molar-refractivity contribution < 1.29 is 13.9 Å². The van der Waals surface area contributed by atoms with E-state index in [1.165, 1.54) is 19.5 Å². The number of nitrogens with one attached hydrogen (secondary N) is 1. The Morgan fingerprint density at radius 3 is 2.83 bits per heavy atom. The Kier molecular flexibility index (Phi) is 5.02. The van der Waals surface area contributed by atoms with Crippen molar-refractivity contribution in [3.63, 3.8) is 0 Å². The molecular formula is C20H17FN6O2. The van der Waals surface area contributed by atoms with Crippen molar-refractivity contribution in [2.24, 2.45) is 5.10 Å². The van der Waals surface area contributed by atoms with Gasteiger partial charge in [-0.1, -0.05) is 12.1 Å². The molecule has 0 unspecified atom stereocenters. The number of hydrazone groups is 1. The van der Waals surface area contributed by atoms with E-state index >= 15 is 0 Å². The number of rotatable bonds is 6. The molecule has 4 aromatic rings. The molecule has 0 aliphatic carbocycles. The van der Waals surface area contributed by atoms with Crippen molar-refractivity contribution in [3.8, 4) is 17.2 Å². The van der Waals surface area contributed by atoms with Gasteiger partial charge in [0.2, 0.25) is 0 Å². The Hall–Kier alpha value is -4.01. The first-order chi connectivity index (χ1) is 14.2. The molecule has 0 bridgehead atoms. The molecule has 9 heteroatoms. The summed E-state index contributed by atoms with van der Waals surface area (Å²) in [6.45, 7) is 0. The zero-order chi connectivity index (χ0) is 20.2. The second-order valence-electron chi connectivity index (χ2n) is 5.98. The molecule has 146 valence electrons. The zero-order valence-electron chi connectivity index (χ0n) is 15.7. The number of nitrogens with zero attached hydrogens (tertiary/aromatic N) is 5. The van der Waals surface area contributed by atoms with Crippen LogP contribution in [0, 0.1) is 5.82 Å². The number of fused-ring (bicyclic) bond motifs is 1. The molecule has 0 spiro atoms. The SMILES string of the molecule is COc1cccc(-n2ncc3c(N/N=C/c4ccc(F)c(OC)c4)ncnc32)c1. The molecule has 0 aliphatic rings. The zero-order valence-corrected chi connectivity index (χ0v) is 15.7. The predicted molar refractivity (Wildman–Crippen MR) is 107 cm³/mol. The summed E-state index contributed by atoms with van der Waals surface area (Å²) >= 11 is 0. The molecule has 0 atom stereocenters. The molecule has 0 amide bonds. The molecule has 29 heavy (non-hydrogen) atoms. The Morgan fingerprint density at radius 1 is 1.10 bits per heavy atom. The van der Waals surface area contributed by atoms with Gasteiger partial charge in [0, 0.05) is 6.07 Å². The van der Waals surface area contributed by atoms with Crippen LogP contribution in [0.5, 0.6) is 11.5 Å². The molecule has 2 aromatic heterocycles. The molecule has 0 saturated heterocycles. The third kappa shape index (κ3) is 3.70. The van der Waals surface area contributed by atoms with Gasteiger partial charge in [-0.05, 0) is 29.8 Å². The van der Waals surface area contributed by atoms with E-state index in [0.717, 1.165) is 11.4 Å². The van der Waals surface area contributed by atoms with E-state index in [0.29, 0.717) is 22.4 Å². The second kappa shape index (κ2) is 7.93. The summed E-state index contributed by atoms with van der Waals surface area (Å²) in [6.07, 6.45) is 4.63. The molecule has 0 saturated carbocycles. The van der Waals surface area contributed by atoms with E-state index in [4.69, 9.17) is 9.47 Å². The number of methoxy groups -OCH3 is 2. The molecule has 2 heterocycles. The maximum Gasteiger partial charge on any atom is 0.168 e. The number of benzene rings is 2. The predicted octanol–water partition coefficient (Wildman–Crippen LogP) is 3.42. The summed E-state index contributed by atoms with van der Waals surface area (Å²) in [7, 11) is 3.02. The quantitative estimate of drug-likeness (QED) is 0.400. The fourth-order valence-corrected chi connectivity index (χ4v) is 2.79. The highest BCUT2D eigenvalue weighted by Gasteiger charge is 2.11. The Balaban J connectivity index is 1.61. The van der Waals surface area contributed by atoms with Gasteiger partial charge in [-0.3, -0.25) is 5.43 Å². The Bertz CT molecular complexity index is 1190. The third-order valence-corrected chi connectivity index (χ3v) is 4.22. The van der Waals surface area contributed by atoms with Crippen LogP contribution >= 0.6 is 0 Å². The molecule has 8 nitrogen and oxygen atoms in total. The maximum atomic E-state index is 13.5. The summed E-state index contributed by atoms with van der Waals surface area (Å²) in [5.74, 6) is 0.936. The van der Waals surface area contributed by atoms with Crippen LogP contribution in [0.15, 0.2) is 60.1 Å². The lowest BCUT2D eigenvalue weighted by Gasteiger charge is -2.06. The van der Waals surface area contributed by atoms with Gasteiger partial charge >= 0.3 is 0 Å². The lowest BCUT2D eigenvalue weighted by atomic mass is 10.2. The number of ether oxygens (including phenoxy) is 2. The highest BCUT2D eigenvalue weighted by atomic mass is 19.1. The first-order valence-electron chi connectivity index (χ1n) is 8.65. The fraction of sp³-hybridized carbons (Fsp3) is 0.100. The minimum Gasteiger partial charge on any atom is -0.497 e. The molecular weight excluding hydrogens is 375 g/mol. The van der Waals surface area contributed by atoms with Gasteiger partial charge in [0.25, 0.3) is 0 Å². The molecule has 2 aromatic carbocycles. The summed E-state index contributed by atoms with van der Waals surface area (Å²) in [4.78, 5) is 8.56. The topological polar surface area (TPSA) is 86.5 Å². The molecule has 1 N–H and O–H groups in total. The number of halogens is 1. The third-order valence-electron chi connectivity index (χ3n) is 4.22. The number of anilines is 1. The van der Waals surface area contributed by atoms with E-state index in [9.17, 15) is 4.39 Å². The average molecular weight is 392 g/mol. The van der Waals surface area contributed by atoms with Crippen LogP contribution in [-0.4, -0.2) is 40.2 Å². The van der Waals surface area contributed by atoms with Crippen LogP contribution in [0.2, 0.25) is 0 Å². The van der Waals surface area contributed by atoms with Crippen LogP contribution in [0.3, 0.4) is 0 Å². The normalized spacial score (nSPS) is 11.1. The fourth-order valence-electron chi connectivity index (χ4n) is 2.79. The van der Waals surface area contributed by atoms with Crippen LogP contribution in [-0.2, 0) is 0 Å². The number of hydrogen-bond donors (Lipinski definition) is 1. The summed E-state index contributed by atoms with van der Waals surface area (Å²) < 4.78 is 25.4. The summed E-state index contributed by atoms with van der Waals surface area (Å²) in [5, 5.41) is 9.28. The monoisotopic (exact) mass is 392 g/mol. The molecule has 0 fully saturated rings. The summed E-state index contributed by atoms with van der Waals surface area (Å²) in [6, 6.07) is 12.0. The van der Waals surface area contributed by atoms with Crippen molar-refractivity contribution in [1.29, 1.82) is 0 Å². The van der Waals surface area contributed by atoms with Crippen molar-refractivity contribution in [2.45, 2.75) is 0 Å². The van der Waals surface area contributed by atoms with Crippen LogP contribution in [0.4, 0.5) is 10.2 Å². The van der Waals surface area contributed by atoms with Gasteiger partial charge in [0.1, 0.15) is 12.1 Å². The van der Waals surface area contributed by atoms with Gasteiger partial charge in [-0.2, -0.15) is 10.2 Å². The number of aromatic nitrogens is 4. The van der Waals surface area contributed by atoms with E-state index in [2.05, 4.69) is 25.6 Å². The lowest BCUT2D eigenvalue weighted by molar-refractivity contribution is 0.386. The summed E-state index contributed by atoms with van der Waals surface area (Å²) in [5.41, 5.74) is 4.99. The lowest BCUT2D eigenvalue weighted by Crippen LogP contribution is -2.00. The minimum atomic E-state index is -0.430. The first-order valence-corrected chi connectivity index (χ1v) is 8.65. The minimum absolute atomic E-state index is 0.151. The average Bonchev–Trinajstić information content (AvgIpc) is 3.20. The van der Waals surface area contributed by atoms with Crippen molar-refractivity contribution in [3.05, 3.63) is 66.4 Å². The van der Waals surface area contributed by atoms with E-state index in [1.807, 2.05) is 24.3 Å². The smallest absolute Gasteiger partial charge is 0.168 e. The van der Waals surface area contributed by atoms with Gasteiger partial charge in [0.15, 0.2) is 23.0 Å². The maximum absolute atomic E-state index is 13.5. The van der Waals surface area contributed by atoms with Crippen molar-refractivity contribution in [2.75, 3.05) is 19.6 Å². The van der Waals surface area contributed by atoms with Gasteiger partial charge < -0.3 is 9.47 Å². The van der Waals surface area contributed by atoms with Gasteiger partial charge in [-0.25, -0.2) is 19.0 Å². The van der Waals surface area contributed by atoms with Crippen molar-refractivity contribution >= 4 is 23.1 Å². The molecule has 4 rings (SSSR count). The highest BCUT2D eigenvalue weighted by molar-refractivity contribution is 5.88. The van der Waals surface area contributed by atoms with E-state index < -0.39 is 5.82 Å². The van der Waals surface area contributed by atoms with Crippen LogP contribution < -0.4 is 14.9 Å².